The molecule has 1 saturated carbocycles. The van der Waals surface area contributed by atoms with Crippen molar-refractivity contribution < 1.29 is 4.79 Å². The lowest BCUT2D eigenvalue weighted by Gasteiger charge is -2.17. The summed E-state index contributed by atoms with van der Waals surface area (Å²) in [6.07, 6.45) is 9.46. The number of anilines is 1. The molecule has 2 heterocycles. The number of hydrogen-bond donors (Lipinski definition) is 2. The van der Waals surface area contributed by atoms with E-state index >= 15 is 0 Å². The molecule has 134 valence electrons. The summed E-state index contributed by atoms with van der Waals surface area (Å²) in [5, 5.41) is 13.8. The van der Waals surface area contributed by atoms with Gasteiger partial charge in [-0.15, -0.1) is 10.2 Å². The average Bonchev–Trinajstić information content (AvgIpc) is 3.00. The molecule has 2 aromatic heterocycles. The smallest absolute Gasteiger partial charge is 0.319 e. The molecule has 8 heteroatoms. The van der Waals surface area contributed by atoms with Gasteiger partial charge >= 0.3 is 6.03 Å². The molecule has 0 radical (unpaired) electrons. The molecule has 4 rings (SSSR count). The molecule has 0 atom stereocenters. The van der Waals surface area contributed by atoms with Gasteiger partial charge in [0.05, 0.1) is 6.33 Å². The van der Waals surface area contributed by atoms with E-state index in [4.69, 9.17) is 0 Å². The highest BCUT2D eigenvalue weighted by atomic mass is 16.2. The molecule has 2 N–H and O–H groups in total. The van der Waals surface area contributed by atoms with Crippen LogP contribution in [0, 0.1) is 5.41 Å². The Morgan fingerprint density at radius 1 is 1.23 bits per heavy atom. The van der Waals surface area contributed by atoms with Crippen molar-refractivity contribution in [3.8, 4) is 11.4 Å². The third-order valence-electron chi connectivity index (χ3n) is 4.77. The van der Waals surface area contributed by atoms with Gasteiger partial charge in [-0.05, 0) is 37.1 Å². The maximum absolute atomic E-state index is 12.2. The van der Waals surface area contributed by atoms with Crippen LogP contribution in [0.2, 0.25) is 0 Å². The first-order chi connectivity index (χ1) is 12.6. The molecule has 1 aromatic carbocycles. The van der Waals surface area contributed by atoms with Gasteiger partial charge in [0.1, 0.15) is 6.33 Å². The molecule has 0 aliphatic heterocycles. The van der Waals surface area contributed by atoms with Gasteiger partial charge in [-0.2, -0.15) is 0 Å². The summed E-state index contributed by atoms with van der Waals surface area (Å²) < 4.78 is 3.92. The highest BCUT2D eigenvalue weighted by Crippen LogP contribution is 2.46. The first-order valence-electron chi connectivity index (χ1n) is 8.59. The average molecular weight is 351 g/mol. The van der Waals surface area contributed by atoms with Crippen molar-refractivity contribution in [2.75, 3.05) is 11.9 Å². The van der Waals surface area contributed by atoms with E-state index in [2.05, 4.69) is 30.4 Å². The highest BCUT2D eigenvalue weighted by Gasteiger charge is 2.42. The molecule has 0 bridgehead atoms. The summed E-state index contributed by atoms with van der Waals surface area (Å²) in [7, 11) is 1.90. The van der Waals surface area contributed by atoms with E-state index in [1.165, 1.54) is 0 Å². The lowest BCUT2D eigenvalue weighted by atomic mass is 10.1. The molecule has 8 nitrogen and oxygen atoms in total. The predicted octanol–water partition coefficient (Wildman–Crippen LogP) is 2.28. The molecule has 1 fully saturated rings. The zero-order chi connectivity index (χ0) is 18.0. The van der Waals surface area contributed by atoms with E-state index in [1.54, 1.807) is 12.5 Å². The van der Waals surface area contributed by atoms with Crippen LogP contribution in [-0.4, -0.2) is 36.9 Å². The van der Waals surface area contributed by atoms with Crippen molar-refractivity contribution in [2.45, 2.75) is 19.4 Å². The van der Waals surface area contributed by atoms with E-state index < -0.39 is 0 Å². The minimum atomic E-state index is -0.187. The SMILES string of the molecule is Cn1cnnc1-c1ccc(NC(=O)NCC2(Cn3ccnc3)CC2)cc1. The number of benzene rings is 1. The molecular weight excluding hydrogens is 330 g/mol. The number of nitrogens with zero attached hydrogens (tertiary/aromatic N) is 5. The second kappa shape index (κ2) is 6.62. The topological polar surface area (TPSA) is 89.7 Å². The van der Waals surface area contributed by atoms with Crippen molar-refractivity contribution >= 4 is 11.7 Å². The quantitative estimate of drug-likeness (QED) is 0.713. The number of carbonyl (C=O) groups excluding carboxylic acids is 1. The summed E-state index contributed by atoms with van der Waals surface area (Å²) in [6.45, 7) is 1.55. The number of amides is 2. The van der Waals surface area contributed by atoms with Crippen LogP contribution in [0.5, 0.6) is 0 Å². The number of hydrogen-bond acceptors (Lipinski definition) is 4. The fourth-order valence-corrected chi connectivity index (χ4v) is 3.03. The Morgan fingerprint density at radius 2 is 2.04 bits per heavy atom. The van der Waals surface area contributed by atoms with Crippen molar-refractivity contribution in [3.63, 3.8) is 0 Å². The lowest BCUT2D eigenvalue weighted by molar-refractivity contribution is 0.248. The van der Waals surface area contributed by atoms with Crippen LogP contribution >= 0.6 is 0 Å². The Kier molecular flexibility index (Phi) is 4.16. The third-order valence-corrected chi connectivity index (χ3v) is 4.77. The second-order valence-electron chi connectivity index (χ2n) is 6.89. The van der Waals surface area contributed by atoms with E-state index in [9.17, 15) is 4.79 Å². The van der Waals surface area contributed by atoms with Crippen LogP contribution in [0.25, 0.3) is 11.4 Å². The fraction of sp³-hybridized carbons (Fsp3) is 0.333. The number of aryl methyl sites for hydroxylation is 1. The van der Waals surface area contributed by atoms with Crippen LogP contribution in [-0.2, 0) is 13.6 Å². The van der Waals surface area contributed by atoms with E-state index in [0.717, 1.165) is 36.5 Å². The zero-order valence-corrected chi connectivity index (χ0v) is 14.6. The largest absolute Gasteiger partial charge is 0.337 e. The number of imidazole rings is 1. The molecule has 0 spiro atoms. The Bertz CT molecular complexity index is 879. The minimum absolute atomic E-state index is 0.160. The Balaban J connectivity index is 1.30. The van der Waals surface area contributed by atoms with E-state index in [1.807, 2.05) is 48.4 Å². The molecule has 1 aliphatic carbocycles. The van der Waals surface area contributed by atoms with Crippen LogP contribution in [0.15, 0.2) is 49.3 Å². The number of urea groups is 1. The molecule has 1 aliphatic rings. The number of rotatable bonds is 6. The van der Waals surface area contributed by atoms with Crippen LogP contribution in [0.3, 0.4) is 0 Å². The third kappa shape index (κ3) is 3.58. The molecule has 3 aromatic rings. The molecule has 0 saturated heterocycles. The predicted molar refractivity (Wildman–Crippen MR) is 97.4 cm³/mol. The molecule has 2 amide bonds. The Morgan fingerprint density at radius 3 is 2.65 bits per heavy atom. The number of carbonyl (C=O) groups is 1. The van der Waals surface area contributed by atoms with Gasteiger partial charge in [-0.1, -0.05) is 0 Å². The fourth-order valence-electron chi connectivity index (χ4n) is 3.03. The van der Waals surface area contributed by atoms with Crippen molar-refractivity contribution in [3.05, 3.63) is 49.3 Å². The summed E-state index contributed by atoms with van der Waals surface area (Å²) in [4.78, 5) is 16.3. The van der Waals surface area contributed by atoms with Gasteiger partial charge in [-0.25, -0.2) is 9.78 Å². The Hall–Kier alpha value is -3.16. The maximum atomic E-state index is 12.2. The van der Waals surface area contributed by atoms with E-state index in [-0.39, 0.29) is 11.4 Å². The maximum Gasteiger partial charge on any atom is 0.319 e. The number of nitrogens with one attached hydrogen (secondary N) is 2. The standard InChI is InChI=1S/C18H21N7O/c1-24-13-21-23-16(24)14-2-4-15(5-3-14)22-17(26)20-10-18(6-7-18)11-25-9-8-19-12-25/h2-5,8-9,12-13H,6-7,10-11H2,1H3,(H2,20,22,26). The monoisotopic (exact) mass is 351 g/mol. The molecule has 26 heavy (non-hydrogen) atoms. The van der Waals surface area contributed by atoms with Crippen LogP contribution in [0.1, 0.15) is 12.8 Å². The summed E-state index contributed by atoms with van der Waals surface area (Å²) in [5.74, 6) is 0.788. The van der Waals surface area contributed by atoms with Gasteiger partial charge in [0.15, 0.2) is 5.82 Å². The van der Waals surface area contributed by atoms with Crippen molar-refractivity contribution in [2.24, 2.45) is 12.5 Å². The van der Waals surface area contributed by atoms with Gasteiger partial charge in [0, 0.05) is 49.2 Å². The molecular formula is C18H21N7O. The lowest BCUT2D eigenvalue weighted by Crippen LogP contribution is -2.35. The highest BCUT2D eigenvalue weighted by molar-refractivity contribution is 5.89. The first kappa shape index (κ1) is 16.3. The van der Waals surface area contributed by atoms with Crippen LogP contribution in [0.4, 0.5) is 10.5 Å². The van der Waals surface area contributed by atoms with Gasteiger partial charge < -0.3 is 19.8 Å². The summed E-state index contributed by atoms with van der Waals surface area (Å²) in [5.41, 5.74) is 1.86. The van der Waals surface area contributed by atoms with Gasteiger partial charge in [0.2, 0.25) is 0 Å². The summed E-state index contributed by atoms with van der Waals surface area (Å²) in [6, 6.07) is 7.37. The van der Waals surface area contributed by atoms with Crippen molar-refractivity contribution in [1.29, 1.82) is 0 Å². The van der Waals surface area contributed by atoms with Gasteiger partial charge in [-0.3, -0.25) is 0 Å². The number of aromatic nitrogens is 5. The minimum Gasteiger partial charge on any atom is -0.337 e. The first-order valence-corrected chi connectivity index (χ1v) is 8.59. The van der Waals surface area contributed by atoms with Crippen LogP contribution < -0.4 is 10.6 Å². The zero-order valence-electron chi connectivity index (χ0n) is 14.6. The second-order valence-corrected chi connectivity index (χ2v) is 6.89. The Labute approximate surface area is 151 Å². The summed E-state index contributed by atoms with van der Waals surface area (Å²) >= 11 is 0. The normalized spacial score (nSPS) is 14.8. The molecule has 0 unspecified atom stereocenters. The van der Waals surface area contributed by atoms with Gasteiger partial charge in [0.25, 0.3) is 0 Å². The van der Waals surface area contributed by atoms with E-state index in [0.29, 0.717) is 6.54 Å². The van der Waals surface area contributed by atoms with Crippen molar-refractivity contribution in [1.82, 2.24) is 29.6 Å².